The van der Waals surface area contributed by atoms with Gasteiger partial charge in [0.25, 0.3) is 5.91 Å². The summed E-state index contributed by atoms with van der Waals surface area (Å²) in [6.07, 6.45) is 4.59. The van der Waals surface area contributed by atoms with Gasteiger partial charge in [0, 0.05) is 13.1 Å². The SMILES string of the molecule is Cc1nc(N)c(C(=O)NC(N)=NCCCCc2ccc(OCCN(CCCN)CCCN)cc2)nc1Cl. The molecule has 0 spiro atoms. The van der Waals surface area contributed by atoms with Gasteiger partial charge in [-0.3, -0.25) is 20.0 Å². The Morgan fingerprint density at radius 1 is 1.05 bits per heavy atom. The van der Waals surface area contributed by atoms with Crippen molar-refractivity contribution in [2.75, 3.05) is 51.6 Å². The summed E-state index contributed by atoms with van der Waals surface area (Å²) in [7, 11) is 0. The average molecular weight is 534 g/mol. The number of unbranched alkanes of at least 4 members (excludes halogenated alkanes) is 1. The van der Waals surface area contributed by atoms with Gasteiger partial charge in [-0.05, 0) is 82.9 Å². The van der Waals surface area contributed by atoms with Crippen molar-refractivity contribution in [1.82, 2.24) is 20.2 Å². The number of aromatic nitrogens is 2. The quantitative estimate of drug-likeness (QED) is 0.121. The molecule has 12 heteroatoms. The highest BCUT2D eigenvalue weighted by molar-refractivity contribution is 6.30. The van der Waals surface area contributed by atoms with Crippen LogP contribution in [0, 0.1) is 6.92 Å². The number of nitrogens with one attached hydrogen (secondary N) is 1. The van der Waals surface area contributed by atoms with Gasteiger partial charge >= 0.3 is 0 Å². The lowest BCUT2D eigenvalue weighted by molar-refractivity contribution is 0.0972. The minimum absolute atomic E-state index is 0.00554. The van der Waals surface area contributed by atoms with Crippen molar-refractivity contribution in [1.29, 1.82) is 0 Å². The molecular weight excluding hydrogens is 494 g/mol. The molecule has 0 saturated heterocycles. The van der Waals surface area contributed by atoms with Crippen LogP contribution in [0.1, 0.15) is 47.4 Å². The zero-order valence-corrected chi connectivity index (χ0v) is 22.3. The van der Waals surface area contributed by atoms with E-state index in [0.717, 1.165) is 57.5 Å². The number of guanidine groups is 1. The summed E-state index contributed by atoms with van der Waals surface area (Å²) in [6.45, 7) is 6.91. The van der Waals surface area contributed by atoms with Crippen LogP contribution in [0.25, 0.3) is 0 Å². The van der Waals surface area contributed by atoms with Gasteiger partial charge in [0.2, 0.25) is 0 Å². The Morgan fingerprint density at radius 2 is 1.73 bits per heavy atom. The number of aryl methyl sites for hydroxylation is 2. The predicted molar refractivity (Wildman–Crippen MR) is 149 cm³/mol. The number of hydrogen-bond donors (Lipinski definition) is 5. The fraction of sp³-hybridized carbons (Fsp3) is 0.520. The van der Waals surface area contributed by atoms with Crippen LogP contribution in [0.3, 0.4) is 0 Å². The third kappa shape index (κ3) is 11.3. The number of amides is 1. The van der Waals surface area contributed by atoms with E-state index >= 15 is 0 Å². The number of benzene rings is 1. The van der Waals surface area contributed by atoms with Crippen LogP contribution in [0.5, 0.6) is 5.75 Å². The van der Waals surface area contributed by atoms with Gasteiger partial charge < -0.3 is 27.7 Å². The summed E-state index contributed by atoms with van der Waals surface area (Å²) in [5, 5.41) is 2.57. The third-order valence-electron chi connectivity index (χ3n) is 5.61. The van der Waals surface area contributed by atoms with Gasteiger partial charge in [-0.2, -0.15) is 0 Å². The lowest BCUT2D eigenvalue weighted by Gasteiger charge is -2.21. The van der Waals surface area contributed by atoms with E-state index in [1.807, 2.05) is 12.1 Å². The van der Waals surface area contributed by atoms with E-state index in [1.165, 1.54) is 5.56 Å². The Hall–Kier alpha value is -2.99. The zero-order chi connectivity index (χ0) is 27.0. The number of carbonyl (C=O) groups is 1. The second-order valence-corrected chi connectivity index (χ2v) is 8.99. The van der Waals surface area contributed by atoms with E-state index in [-0.39, 0.29) is 22.6 Å². The molecule has 37 heavy (non-hydrogen) atoms. The Morgan fingerprint density at radius 3 is 2.38 bits per heavy atom. The lowest BCUT2D eigenvalue weighted by Crippen LogP contribution is -2.38. The molecular formula is C25H40ClN9O2. The maximum absolute atomic E-state index is 12.3. The van der Waals surface area contributed by atoms with E-state index in [4.69, 9.17) is 39.3 Å². The van der Waals surface area contributed by atoms with Crippen molar-refractivity contribution < 1.29 is 9.53 Å². The molecule has 9 N–H and O–H groups in total. The number of nitrogens with zero attached hydrogens (tertiary/aromatic N) is 4. The number of nitrogen functional groups attached to an aromatic ring is 1. The molecule has 0 bridgehead atoms. The highest BCUT2D eigenvalue weighted by atomic mass is 35.5. The molecule has 0 aliphatic rings. The summed E-state index contributed by atoms with van der Waals surface area (Å²) in [4.78, 5) is 26.8. The maximum atomic E-state index is 12.3. The fourth-order valence-electron chi connectivity index (χ4n) is 3.55. The van der Waals surface area contributed by atoms with Crippen LogP contribution in [0.4, 0.5) is 5.82 Å². The monoisotopic (exact) mass is 533 g/mol. The summed E-state index contributed by atoms with van der Waals surface area (Å²) in [5.41, 5.74) is 24.4. The first-order valence-electron chi connectivity index (χ1n) is 12.6. The Labute approximate surface area is 224 Å². The van der Waals surface area contributed by atoms with Crippen molar-refractivity contribution in [2.24, 2.45) is 22.2 Å². The largest absolute Gasteiger partial charge is 0.492 e. The van der Waals surface area contributed by atoms with Gasteiger partial charge in [0.1, 0.15) is 12.4 Å². The number of halogens is 1. The van der Waals surface area contributed by atoms with Crippen LogP contribution in [-0.4, -0.2) is 72.6 Å². The molecule has 0 unspecified atom stereocenters. The Kier molecular flexibility index (Phi) is 13.6. The molecule has 1 aromatic carbocycles. The van der Waals surface area contributed by atoms with Gasteiger partial charge in [0.15, 0.2) is 22.6 Å². The summed E-state index contributed by atoms with van der Waals surface area (Å²) >= 11 is 5.92. The van der Waals surface area contributed by atoms with Crippen molar-refractivity contribution in [2.45, 2.75) is 39.0 Å². The molecule has 204 valence electrons. The van der Waals surface area contributed by atoms with Crippen molar-refractivity contribution in [3.8, 4) is 5.75 Å². The molecule has 0 aliphatic heterocycles. The highest BCUT2D eigenvalue weighted by Gasteiger charge is 2.16. The molecule has 1 amide bonds. The van der Waals surface area contributed by atoms with Crippen molar-refractivity contribution >= 4 is 29.3 Å². The number of rotatable bonds is 16. The minimum Gasteiger partial charge on any atom is -0.492 e. The number of aliphatic imine (C=N–C) groups is 1. The number of anilines is 1. The van der Waals surface area contributed by atoms with Gasteiger partial charge in [-0.15, -0.1) is 0 Å². The molecule has 0 fully saturated rings. The van der Waals surface area contributed by atoms with E-state index in [2.05, 4.69) is 37.3 Å². The highest BCUT2D eigenvalue weighted by Crippen LogP contribution is 2.15. The standard InChI is InChI=1S/C25H40ClN9O2/c1-18-22(26)33-21(23(29)32-18)24(36)34-25(30)31-13-3-2-6-19-7-9-20(10-8-19)37-17-16-35(14-4-11-27)15-5-12-28/h7-10H,2-6,11-17,27-28H2,1H3,(H2,29,32)(H3,30,31,34,36). The molecule has 11 nitrogen and oxygen atoms in total. The summed E-state index contributed by atoms with van der Waals surface area (Å²) in [6, 6.07) is 8.14. The number of ether oxygens (including phenoxy) is 1. The first-order valence-corrected chi connectivity index (χ1v) is 13.0. The van der Waals surface area contributed by atoms with E-state index < -0.39 is 5.91 Å². The minimum atomic E-state index is -0.603. The molecule has 1 aromatic heterocycles. The second kappa shape index (κ2) is 16.7. The molecule has 2 rings (SSSR count). The normalized spacial score (nSPS) is 11.6. The van der Waals surface area contributed by atoms with Crippen LogP contribution < -0.4 is 33.0 Å². The number of hydrogen-bond acceptors (Lipinski definition) is 9. The Balaban J connectivity index is 1.68. The van der Waals surface area contributed by atoms with Crippen molar-refractivity contribution in [3.63, 3.8) is 0 Å². The topological polar surface area (TPSA) is 184 Å². The van der Waals surface area contributed by atoms with E-state index in [0.29, 0.717) is 31.9 Å². The van der Waals surface area contributed by atoms with Gasteiger partial charge in [-0.1, -0.05) is 23.7 Å². The second-order valence-electron chi connectivity index (χ2n) is 8.63. The van der Waals surface area contributed by atoms with Crippen LogP contribution in [-0.2, 0) is 6.42 Å². The van der Waals surface area contributed by atoms with Gasteiger partial charge in [-0.25, -0.2) is 9.97 Å². The molecule has 0 aliphatic carbocycles. The molecule has 1 heterocycles. The summed E-state index contributed by atoms with van der Waals surface area (Å²) in [5.74, 6) is 0.230. The van der Waals surface area contributed by atoms with Crippen LogP contribution >= 0.6 is 11.6 Å². The smallest absolute Gasteiger partial charge is 0.280 e. The van der Waals surface area contributed by atoms with Crippen molar-refractivity contribution in [3.05, 3.63) is 46.4 Å². The first-order chi connectivity index (χ1) is 17.8. The molecule has 0 radical (unpaired) electrons. The molecule has 2 aromatic rings. The number of carbonyl (C=O) groups excluding carboxylic acids is 1. The first kappa shape index (κ1) is 30.2. The van der Waals surface area contributed by atoms with Gasteiger partial charge in [0.05, 0.1) is 5.69 Å². The zero-order valence-electron chi connectivity index (χ0n) is 21.6. The maximum Gasteiger partial charge on any atom is 0.280 e. The predicted octanol–water partition coefficient (Wildman–Crippen LogP) is 1.47. The fourth-order valence-corrected chi connectivity index (χ4v) is 3.68. The summed E-state index contributed by atoms with van der Waals surface area (Å²) < 4.78 is 5.91. The van der Waals surface area contributed by atoms with Crippen LogP contribution in [0.15, 0.2) is 29.3 Å². The van der Waals surface area contributed by atoms with Crippen LogP contribution in [0.2, 0.25) is 5.15 Å². The molecule has 0 atom stereocenters. The van der Waals surface area contributed by atoms with E-state index in [9.17, 15) is 4.79 Å². The average Bonchev–Trinajstić information content (AvgIpc) is 2.88. The third-order valence-corrected chi connectivity index (χ3v) is 5.97. The molecule has 0 saturated carbocycles. The number of nitrogens with two attached hydrogens (primary N) is 4. The lowest BCUT2D eigenvalue weighted by atomic mass is 10.1. The van der Waals surface area contributed by atoms with E-state index in [1.54, 1.807) is 6.92 Å². The Bertz CT molecular complexity index is 994.